The molecule has 0 radical (unpaired) electrons. The molecule has 0 saturated carbocycles. The van der Waals surface area contributed by atoms with Crippen molar-refractivity contribution in [3.63, 3.8) is 0 Å². The predicted octanol–water partition coefficient (Wildman–Crippen LogP) is 2.21. The van der Waals surface area contributed by atoms with Gasteiger partial charge in [-0.25, -0.2) is 0 Å². The third-order valence-corrected chi connectivity index (χ3v) is 1.53. The van der Waals surface area contributed by atoms with E-state index < -0.39 is 12.1 Å². The topological polar surface area (TPSA) is 43.4 Å². The molecule has 0 saturated heterocycles. The lowest BCUT2D eigenvalue weighted by molar-refractivity contribution is -0.274. The van der Waals surface area contributed by atoms with E-state index in [9.17, 15) is 22.8 Å². The molecule has 0 N–H and O–H groups in total. The van der Waals surface area contributed by atoms with Gasteiger partial charge in [-0.05, 0) is 12.1 Å². The first kappa shape index (κ1) is 11.2. The van der Waals surface area contributed by atoms with Crippen LogP contribution in [0.15, 0.2) is 18.2 Å². The quantitative estimate of drug-likeness (QED) is 0.730. The van der Waals surface area contributed by atoms with Gasteiger partial charge in [-0.15, -0.1) is 13.2 Å². The van der Waals surface area contributed by atoms with Crippen LogP contribution in [0.5, 0.6) is 5.75 Å². The van der Waals surface area contributed by atoms with Gasteiger partial charge in [0.2, 0.25) is 0 Å². The molecule has 80 valence electrons. The second-order valence-electron chi connectivity index (χ2n) is 2.58. The Morgan fingerprint density at radius 2 is 1.80 bits per heavy atom. The summed E-state index contributed by atoms with van der Waals surface area (Å²) in [5.41, 5.74) is -0.266. The molecule has 0 aromatic heterocycles. The molecule has 6 heteroatoms. The molecule has 0 aliphatic carbocycles. The summed E-state index contributed by atoms with van der Waals surface area (Å²) in [6, 6.07) is 3.15. The normalized spacial score (nSPS) is 10.9. The zero-order valence-corrected chi connectivity index (χ0v) is 7.25. The van der Waals surface area contributed by atoms with Gasteiger partial charge in [0.1, 0.15) is 12.0 Å². The number of carbonyl (C=O) groups excluding carboxylic acids is 2. The number of aldehydes is 2. The standard InChI is InChI=1S/C9H5F3O3/c10-9(11,12)15-8-3-6(4-13)1-2-7(8)5-14/h1-5H. The minimum absolute atomic E-state index is 0.000139. The molecule has 0 aliphatic rings. The van der Waals surface area contributed by atoms with Gasteiger partial charge < -0.3 is 4.74 Å². The van der Waals surface area contributed by atoms with E-state index in [1.54, 1.807) is 0 Å². The number of hydrogen-bond acceptors (Lipinski definition) is 3. The maximum Gasteiger partial charge on any atom is 0.573 e. The molecule has 0 heterocycles. The summed E-state index contributed by atoms with van der Waals surface area (Å²) in [6.45, 7) is 0. The number of ether oxygens (including phenoxy) is 1. The summed E-state index contributed by atoms with van der Waals surface area (Å²) < 4.78 is 39.2. The Morgan fingerprint density at radius 3 is 2.27 bits per heavy atom. The van der Waals surface area contributed by atoms with Gasteiger partial charge in [0.15, 0.2) is 6.29 Å². The van der Waals surface area contributed by atoms with E-state index in [0.29, 0.717) is 6.29 Å². The van der Waals surface area contributed by atoms with Crippen molar-refractivity contribution >= 4 is 12.6 Å². The van der Waals surface area contributed by atoms with E-state index in [4.69, 9.17) is 0 Å². The van der Waals surface area contributed by atoms with E-state index in [-0.39, 0.29) is 17.4 Å². The Bertz CT molecular complexity index is 385. The van der Waals surface area contributed by atoms with E-state index in [1.807, 2.05) is 0 Å². The van der Waals surface area contributed by atoms with Gasteiger partial charge >= 0.3 is 6.36 Å². The van der Waals surface area contributed by atoms with Crippen molar-refractivity contribution in [2.24, 2.45) is 0 Å². The summed E-state index contributed by atoms with van der Waals surface area (Å²) in [7, 11) is 0. The van der Waals surface area contributed by atoms with Crippen LogP contribution >= 0.6 is 0 Å². The van der Waals surface area contributed by atoms with Crippen molar-refractivity contribution < 1.29 is 27.5 Å². The fraction of sp³-hybridized carbons (Fsp3) is 0.111. The van der Waals surface area contributed by atoms with Gasteiger partial charge in [-0.3, -0.25) is 9.59 Å². The molecule has 15 heavy (non-hydrogen) atoms. The molecule has 1 rings (SSSR count). The Hall–Kier alpha value is -1.85. The molecule has 0 aliphatic heterocycles. The summed E-state index contributed by atoms with van der Waals surface area (Å²) in [6.07, 6.45) is -4.31. The average Bonchev–Trinajstić information content (AvgIpc) is 2.15. The van der Waals surface area contributed by atoms with Crippen LogP contribution < -0.4 is 4.74 Å². The van der Waals surface area contributed by atoms with Gasteiger partial charge in [-0.1, -0.05) is 6.07 Å². The molecule has 0 atom stereocenters. The molecule has 0 unspecified atom stereocenters. The lowest BCUT2D eigenvalue weighted by atomic mass is 10.1. The Kier molecular flexibility index (Phi) is 3.08. The lowest BCUT2D eigenvalue weighted by Crippen LogP contribution is -2.18. The molecule has 1 aromatic carbocycles. The lowest BCUT2D eigenvalue weighted by Gasteiger charge is -2.10. The highest BCUT2D eigenvalue weighted by molar-refractivity contribution is 5.83. The number of halogens is 3. The smallest absolute Gasteiger partial charge is 0.405 e. The largest absolute Gasteiger partial charge is 0.573 e. The van der Waals surface area contributed by atoms with Crippen LogP contribution in [0.2, 0.25) is 0 Å². The van der Waals surface area contributed by atoms with Crippen molar-refractivity contribution in [1.82, 2.24) is 0 Å². The van der Waals surface area contributed by atoms with Gasteiger partial charge in [-0.2, -0.15) is 0 Å². The van der Waals surface area contributed by atoms with Crippen LogP contribution in [0.4, 0.5) is 13.2 Å². The second kappa shape index (κ2) is 4.12. The Labute approximate surface area is 82.5 Å². The Morgan fingerprint density at radius 1 is 1.13 bits per heavy atom. The molecule has 3 nitrogen and oxygen atoms in total. The number of hydrogen-bond donors (Lipinski definition) is 0. The second-order valence-corrected chi connectivity index (χ2v) is 2.58. The number of benzene rings is 1. The molecular formula is C9H5F3O3. The zero-order valence-electron chi connectivity index (χ0n) is 7.25. The third kappa shape index (κ3) is 3.08. The van der Waals surface area contributed by atoms with Crippen LogP contribution in [0, 0.1) is 0 Å². The van der Waals surface area contributed by atoms with E-state index in [1.165, 1.54) is 6.07 Å². The van der Waals surface area contributed by atoms with E-state index in [2.05, 4.69) is 4.74 Å². The molecule has 0 bridgehead atoms. The fourth-order valence-corrected chi connectivity index (χ4v) is 0.935. The summed E-state index contributed by atoms with van der Waals surface area (Å²) in [4.78, 5) is 20.7. The minimum atomic E-state index is -4.89. The number of rotatable bonds is 3. The highest BCUT2D eigenvalue weighted by Gasteiger charge is 2.32. The summed E-state index contributed by atoms with van der Waals surface area (Å²) in [5.74, 6) is -0.679. The first-order valence-corrected chi connectivity index (χ1v) is 3.76. The summed E-state index contributed by atoms with van der Waals surface area (Å²) in [5, 5.41) is 0. The van der Waals surface area contributed by atoms with Crippen molar-refractivity contribution in [1.29, 1.82) is 0 Å². The first-order chi connectivity index (χ1) is 6.96. The van der Waals surface area contributed by atoms with Crippen LogP contribution in [-0.4, -0.2) is 18.9 Å². The summed E-state index contributed by atoms with van der Waals surface area (Å²) >= 11 is 0. The third-order valence-electron chi connectivity index (χ3n) is 1.53. The van der Waals surface area contributed by atoms with Crippen LogP contribution in [0.1, 0.15) is 20.7 Å². The molecule has 0 spiro atoms. The SMILES string of the molecule is O=Cc1ccc(C=O)c(OC(F)(F)F)c1. The van der Waals surface area contributed by atoms with Crippen LogP contribution in [0.25, 0.3) is 0 Å². The maximum absolute atomic E-state index is 11.9. The van der Waals surface area contributed by atoms with Crippen molar-refractivity contribution in [3.8, 4) is 5.75 Å². The van der Waals surface area contributed by atoms with Crippen LogP contribution in [0.3, 0.4) is 0 Å². The molecule has 0 fully saturated rings. The monoisotopic (exact) mass is 218 g/mol. The maximum atomic E-state index is 11.9. The van der Waals surface area contributed by atoms with Crippen molar-refractivity contribution in [3.05, 3.63) is 29.3 Å². The molecular weight excluding hydrogens is 213 g/mol. The first-order valence-electron chi connectivity index (χ1n) is 3.76. The van der Waals surface area contributed by atoms with Crippen LogP contribution in [-0.2, 0) is 0 Å². The van der Waals surface area contributed by atoms with Gasteiger partial charge in [0, 0.05) is 5.56 Å². The predicted molar refractivity (Wildman–Crippen MR) is 43.9 cm³/mol. The molecule has 0 amide bonds. The van der Waals surface area contributed by atoms with Crippen molar-refractivity contribution in [2.45, 2.75) is 6.36 Å². The number of alkyl halides is 3. The van der Waals surface area contributed by atoms with Gasteiger partial charge in [0.05, 0.1) is 5.56 Å². The average molecular weight is 218 g/mol. The molecule has 1 aromatic rings. The zero-order chi connectivity index (χ0) is 11.5. The van der Waals surface area contributed by atoms with Gasteiger partial charge in [0.25, 0.3) is 0 Å². The highest BCUT2D eigenvalue weighted by Crippen LogP contribution is 2.26. The van der Waals surface area contributed by atoms with E-state index >= 15 is 0 Å². The van der Waals surface area contributed by atoms with E-state index in [0.717, 1.165) is 12.1 Å². The highest BCUT2D eigenvalue weighted by atomic mass is 19.4. The number of carbonyl (C=O) groups is 2. The Balaban J connectivity index is 3.12. The fourth-order valence-electron chi connectivity index (χ4n) is 0.935. The minimum Gasteiger partial charge on any atom is -0.405 e. The van der Waals surface area contributed by atoms with Crippen molar-refractivity contribution in [2.75, 3.05) is 0 Å².